The summed E-state index contributed by atoms with van der Waals surface area (Å²) in [4.78, 5) is 16.5. The second kappa shape index (κ2) is 12.7. The minimum Gasteiger partial charge on any atom is -0.493 e. The smallest absolute Gasteiger partial charge is 0.243 e. The topological polar surface area (TPSA) is 76.2 Å². The van der Waals surface area contributed by atoms with Crippen LogP contribution in [0, 0.1) is 6.92 Å². The highest BCUT2D eigenvalue weighted by atomic mass is 32.2. The first-order chi connectivity index (χ1) is 17.3. The van der Waals surface area contributed by atoms with Gasteiger partial charge in [-0.2, -0.15) is 4.31 Å². The van der Waals surface area contributed by atoms with E-state index in [1.165, 1.54) is 22.5 Å². The summed E-state index contributed by atoms with van der Waals surface area (Å²) in [5, 5.41) is 1.99. The molecule has 3 aromatic rings. The Morgan fingerprint density at radius 1 is 1.06 bits per heavy atom. The first kappa shape index (κ1) is 27.4. The predicted molar refractivity (Wildman–Crippen MR) is 143 cm³/mol. The lowest BCUT2D eigenvalue weighted by molar-refractivity contribution is -0.131. The van der Waals surface area contributed by atoms with Crippen LogP contribution in [-0.4, -0.2) is 57.4 Å². The molecule has 3 rings (SSSR count). The Morgan fingerprint density at radius 2 is 1.78 bits per heavy atom. The van der Waals surface area contributed by atoms with E-state index in [1.54, 1.807) is 48.7 Å². The summed E-state index contributed by atoms with van der Waals surface area (Å²) in [7, 11) is -0.694. The molecule has 0 N–H and O–H groups in total. The minimum absolute atomic E-state index is 0.0323. The van der Waals surface area contributed by atoms with Gasteiger partial charge in [0.05, 0.1) is 32.2 Å². The van der Waals surface area contributed by atoms with Crippen LogP contribution in [-0.2, 0) is 27.8 Å². The van der Waals surface area contributed by atoms with Crippen molar-refractivity contribution in [2.75, 3.05) is 33.9 Å². The second-order valence-corrected chi connectivity index (χ2v) is 11.1. The van der Waals surface area contributed by atoms with E-state index < -0.39 is 10.0 Å². The zero-order chi connectivity index (χ0) is 26.1. The molecule has 1 heterocycles. The molecule has 0 aliphatic rings. The molecule has 0 aliphatic heterocycles. The number of carbonyl (C=O) groups excluding carboxylic acids is 1. The molecule has 1 aromatic heterocycles. The summed E-state index contributed by atoms with van der Waals surface area (Å²) in [6.07, 6.45) is 2.06. The number of carbonyl (C=O) groups is 1. The molecule has 36 heavy (non-hydrogen) atoms. The maximum Gasteiger partial charge on any atom is 0.243 e. The highest BCUT2D eigenvalue weighted by Gasteiger charge is 2.28. The normalized spacial score (nSPS) is 11.3. The van der Waals surface area contributed by atoms with Gasteiger partial charge in [-0.1, -0.05) is 30.3 Å². The summed E-state index contributed by atoms with van der Waals surface area (Å²) in [5.74, 6) is 0.979. The molecule has 0 radical (unpaired) electrons. The molecule has 0 unspecified atom stereocenters. The zero-order valence-corrected chi connectivity index (χ0v) is 22.5. The summed E-state index contributed by atoms with van der Waals surface area (Å²) in [6, 6.07) is 15.8. The van der Waals surface area contributed by atoms with Gasteiger partial charge < -0.3 is 14.4 Å². The number of thiophene rings is 1. The summed E-state index contributed by atoms with van der Waals surface area (Å²) in [5.41, 5.74) is 2.08. The van der Waals surface area contributed by atoms with E-state index >= 15 is 0 Å². The van der Waals surface area contributed by atoms with Crippen LogP contribution in [0.3, 0.4) is 0 Å². The molecule has 0 spiro atoms. The van der Waals surface area contributed by atoms with E-state index in [1.807, 2.05) is 36.6 Å². The monoisotopic (exact) mass is 528 g/mol. The summed E-state index contributed by atoms with van der Waals surface area (Å²) >= 11 is 1.58. The van der Waals surface area contributed by atoms with Gasteiger partial charge in [-0.05, 0) is 60.2 Å². The van der Waals surface area contributed by atoms with Crippen LogP contribution < -0.4 is 9.47 Å². The maximum atomic E-state index is 13.5. The molecule has 0 aliphatic carbocycles. The van der Waals surface area contributed by atoms with Crippen LogP contribution in [0.5, 0.6) is 11.5 Å². The molecule has 0 fully saturated rings. The van der Waals surface area contributed by atoms with E-state index in [0.717, 1.165) is 16.0 Å². The largest absolute Gasteiger partial charge is 0.493 e. The Morgan fingerprint density at radius 3 is 2.39 bits per heavy atom. The molecule has 9 heteroatoms. The van der Waals surface area contributed by atoms with Crippen molar-refractivity contribution in [2.45, 2.75) is 24.8 Å². The quantitative estimate of drug-likeness (QED) is 0.305. The third kappa shape index (κ3) is 6.75. The van der Waals surface area contributed by atoms with Crippen LogP contribution in [0.2, 0.25) is 0 Å². The Kier molecular flexibility index (Phi) is 9.69. The first-order valence-electron chi connectivity index (χ1n) is 11.5. The van der Waals surface area contributed by atoms with Crippen molar-refractivity contribution in [3.63, 3.8) is 0 Å². The van der Waals surface area contributed by atoms with Crippen molar-refractivity contribution in [2.24, 2.45) is 0 Å². The molecular weight excluding hydrogens is 496 g/mol. The Hall–Kier alpha value is -3.14. The number of hydrogen-bond acceptors (Lipinski definition) is 6. The van der Waals surface area contributed by atoms with Crippen LogP contribution in [0.4, 0.5) is 0 Å². The highest BCUT2D eigenvalue weighted by Crippen LogP contribution is 2.28. The predicted octanol–water partition coefficient (Wildman–Crippen LogP) is 4.52. The molecule has 0 saturated carbocycles. The van der Waals surface area contributed by atoms with Gasteiger partial charge in [0.2, 0.25) is 15.9 Å². The lowest BCUT2D eigenvalue weighted by Gasteiger charge is -2.27. The number of sulfonamides is 1. The van der Waals surface area contributed by atoms with Gasteiger partial charge in [-0.25, -0.2) is 8.42 Å². The highest BCUT2D eigenvalue weighted by molar-refractivity contribution is 7.89. The molecule has 0 saturated heterocycles. The van der Waals surface area contributed by atoms with Gasteiger partial charge in [0.25, 0.3) is 0 Å². The number of benzene rings is 2. The Balaban J connectivity index is 1.83. The standard InChI is InChI=1S/C27H32N2O5S2/c1-5-15-29(36(31,32)23-9-7-6-8-10-23)20-27(30)28(19-26-21(2)14-17-35-26)16-13-22-11-12-24(33-3)25(18-22)34-4/h5-12,14,17-18H,1,13,15-16,19-20H2,2-4H3. The van der Waals surface area contributed by atoms with E-state index in [2.05, 4.69) is 6.58 Å². The van der Waals surface area contributed by atoms with E-state index in [-0.39, 0.29) is 23.9 Å². The van der Waals surface area contributed by atoms with Gasteiger partial charge in [0.1, 0.15) is 0 Å². The molecule has 0 atom stereocenters. The summed E-state index contributed by atoms with van der Waals surface area (Å²) in [6.45, 7) is 6.27. The molecular formula is C27H32N2O5S2. The number of amides is 1. The van der Waals surface area contributed by atoms with Gasteiger partial charge in [0, 0.05) is 18.0 Å². The average molecular weight is 529 g/mol. The van der Waals surface area contributed by atoms with Crippen LogP contribution in [0.1, 0.15) is 16.0 Å². The fourth-order valence-corrected chi connectivity index (χ4v) is 6.02. The number of nitrogens with zero attached hydrogens (tertiary/aromatic N) is 2. The van der Waals surface area contributed by atoms with Gasteiger partial charge >= 0.3 is 0 Å². The van der Waals surface area contributed by atoms with Gasteiger partial charge in [0.15, 0.2) is 11.5 Å². The Bertz CT molecular complexity index is 1270. The Labute approximate surface area is 217 Å². The minimum atomic E-state index is -3.86. The number of ether oxygens (including phenoxy) is 2. The summed E-state index contributed by atoms with van der Waals surface area (Å²) < 4.78 is 38.4. The fourth-order valence-electron chi connectivity index (χ4n) is 3.72. The van der Waals surface area contributed by atoms with E-state index in [0.29, 0.717) is 31.0 Å². The van der Waals surface area contributed by atoms with Crippen molar-refractivity contribution in [3.05, 3.63) is 88.6 Å². The SMILES string of the molecule is C=CCN(CC(=O)N(CCc1ccc(OC)c(OC)c1)Cc1sccc1C)S(=O)(=O)c1ccccc1. The lowest BCUT2D eigenvalue weighted by Crippen LogP contribution is -2.43. The van der Waals surface area contributed by atoms with Crippen LogP contribution in [0.15, 0.2) is 77.5 Å². The third-order valence-electron chi connectivity index (χ3n) is 5.80. The zero-order valence-electron chi connectivity index (χ0n) is 20.8. The lowest BCUT2D eigenvalue weighted by atomic mass is 10.1. The molecule has 2 aromatic carbocycles. The van der Waals surface area contributed by atoms with Crippen LogP contribution >= 0.6 is 11.3 Å². The average Bonchev–Trinajstić information content (AvgIpc) is 3.30. The second-order valence-electron chi connectivity index (χ2n) is 8.18. The van der Waals surface area contributed by atoms with Gasteiger partial charge in [-0.3, -0.25) is 4.79 Å². The molecule has 7 nitrogen and oxygen atoms in total. The number of aryl methyl sites for hydroxylation is 1. The maximum absolute atomic E-state index is 13.5. The van der Waals surface area contributed by atoms with Crippen molar-refractivity contribution in [1.82, 2.24) is 9.21 Å². The van der Waals surface area contributed by atoms with Crippen molar-refractivity contribution >= 4 is 27.3 Å². The van der Waals surface area contributed by atoms with E-state index in [9.17, 15) is 13.2 Å². The van der Waals surface area contributed by atoms with Gasteiger partial charge in [-0.15, -0.1) is 17.9 Å². The number of hydrogen-bond donors (Lipinski definition) is 0. The van der Waals surface area contributed by atoms with Crippen molar-refractivity contribution in [3.8, 4) is 11.5 Å². The van der Waals surface area contributed by atoms with Crippen molar-refractivity contribution < 1.29 is 22.7 Å². The van der Waals surface area contributed by atoms with Crippen LogP contribution in [0.25, 0.3) is 0 Å². The molecule has 0 bridgehead atoms. The molecule has 192 valence electrons. The number of methoxy groups -OCH3 is 2. The first-order valence-corrected chi connectivity index (χ1v) is 13.8. The van der Waals surface area contributed by atoms with Crippen molar-refractivity contribution in [1.29, 1.82) is 0 Å². The molecule has 1 amide bonds. The fraction of sp³-hybridized carbons (Fsp3) is 0.296. The number of rotatable bonds is 13. The van der Waals surface area contributed by atoms with E-state index in [4.69, 9.17) is 9.47 Å². The third-order valence-corrected chi connectivity index (χ3v) is 8.63.